The first-order valence-corrected chi connectivity index (χ1v) is 2.94. The summed E-state index contributed by atoms with van der Waals surface area (Å²) in [5, 5.41) is 0. The minimum Gasteiger partial charge on any atom is -0.272 e. The highest BCUT2D eigenvalue weighted by Crippen LogP contribution is 2.24. The van der Waals surface area contributed by atoms with E-state index in [1.54, 1.807) is 0 Å². The largest absolute Gasteiger partial charge is 0.389 e. The number of hydrogen-bond donors (Lipinski definition) is 1. The Bertz CT molecular complexity index is 99.0. The van der Waals surface area contributed by atoms with Crippen molar-refractivity contribution in [2.75, 3.05) is 0 Å². The number of hydrogen-bond acceptors (Lipinski definition) is 1. The predicted octanol–water partition coefficient (Wildman–Crippen LogP) is 2.27. The maximum Gasteiger partial charge on any atom is 0.389 e. The number of nitrogens with two attached hydrogens (primary N) is 1. The molecule has 0 spiro atoms. The van der Waals surface area contributed by atoms with Gasteiger partial charge in [0, 0.05) is 12.8 Å². The van der Waals surface area contributed by atoms with E-state index in [0.29, 0.717) is 0 Å². The fourth-order valence-corrected chi connectivity index (χ4v) is 0.525. The molecule has 0 radical (unpaired) electrons. The molecule has 0 unspecified atom stereocenters. The zero-order chi connectivity index (χ0) is 9.12. The molecule has 0 rings (SSSR count). The topological polar surface area (TPSA) is 26.0 Å². The van der Waals surface area contributed by atoms with Gasteiger partial charge in [0.05, 0.1) is 0 Å². The lowest BCUT2D eigenvalue weighted by Crippen LogP contribution is -2.28. The van der Waals surface area contributed by atoms with E-state index in [2.05, 4.69) is 5.73 Å². The molecule has 1 nitrogen and oxygen atoms in total. The Labute approximate surface area is 60.4 Å². The van der Waals surface area contributed by atoms with E-state index in [1.807, 2.05) is 0 Å². The van der Waals surface area contributed by atoms with Gasteiger partial charge in [0.25, 0.3) is 6.05 Å². The summed E-state index contributed by atoms with van der Waals surface area (Å²) in [6.45, 7) is 0. The molecule has 0 aromatic heterocycles. The normalized spacial score (nSPS) is 13.6. The number of alkyl halides is 5. The van der Waals surface area contributed by atoms with Crippen LogP contribution >= 0.6 is 0 Å². The Morgan fingerprint density at radius 1 is 0.909 bits per heavy atom. The highest BCUT2D eigenvalue weighted by atomic mass is 19.4. The van der Waals surface area contributed by atoms with Gasteiger partial charge in [0.1, 0.15) is 0 Å². The summed E-state index contributed by atoms with van der Waals surface area (Å²) < 4.78 is 57.5. The van der Waals surface area contributed by atoms with Crippen LogP contribution in [0.3, 0.4) is 0 Å². The van der Waals surface area contributed by atoms with Gasteiger partial charge in [0.15, 0.2) is 0 Å². The van der Waals surface area contributed by atoms with E-state index in [0.717, 1.165) is 0 Å². The van der Waals surface area contributed by atoms with Crippen LogP contribution in [0.2, 0.25) is 0 Å². The molecule has 0 atom stereocenters. The average molecular weight is 177 g/mol. The minimum absolute atomic E-state index is 0.632. The van der Waals surface area contributed by atoms with Crippen molar-refractivity contribution < 1.29 is 22.0 Å². The van der Waals surface area contributed by atoms with Crippen molar-refractivity contribution in [3.8, 4) is 0 Å². The summed E-state index contributed by atoms with van der Waals surface area (Å²) >= 11 is 0. The lowest BCUT2D eigenvalue weighted by Gasteiger charge is -2.10. The van der Waals surface area contributed by atoms with Crippen LogP contribution in [0.5, 0.6) is 0 Å². The molecule has 68 valence electrons. The first kappa shape index (κ1) is 10.6. The number of rotatable bonds is 3. The molecule has 2 N–H and O–H groups in total. The SMILES string of the molecule is NC(F)(F)CCCC(F)(F)F. The summed E-state index contributed by atoms with van der Waals surface area (Å²) in [4.78, 5) is 0. The molecule has 0 aromatic carbocycles. The Morgan fingerprint density at radius 2 is 1.36 bits per heavy atom. The van der Waals surface area contributed by atoms with Crippen molar-refractivity contribution in [3.05, 3.63) is 0 Å². The second-order valence-corrected chi connectivity index (χ2v) is 2.23. The molecule has 0 bridgehead atoms. The van der Waals surface area contributed by atoms with Crippen LogP contribution in [0.15, 0.2) is 0 Å². The van der Waals surface area contributed by atoms with Crippen molar-refractivity contribution in [3.63, 3.8) is 0 Å². The smallest absolute Gasteiger partial charge is 0.272 e. The fraction of sp³-hybridized carbons (Fsp3) is 1.00. The molecular formula is C5H8F5N. The van der Waals surface area contributed by atoms with Crippen molar-refractivity contribution in [2.45, 2.75) is 31.5 Å². The minimum atomic E-state index is -4.37. The van der Waals surface area contributed by atoms with Crippen LogP contribution in [-0.2, 0) is 0 Å². The third kappa shape index (κ3) is 9.61. The second-order valence-electron chi connectivity index (χ2n) is 2.23. The van der Waals surface area contributed by atoms with Crippen LogP contribution < -0.4 is 5.73 Å². The fourth-order valence-electron chi connectivity index (χ4n) is 0.525. The highest BCUT2D eigenvalue weighted by molar-refractivity contribution is 4.58. The molecular weight excluding hydrogens is 169 g/mol. The van der Waals surface area contributed by atoms with Crippen molar-refractivity contribution >= 4 is 0 Å². The van der Waals surface area contributed by atoms with E-state index < -0.39 is 31.5 Å². The van der Waals surface area contributed by atoms with Crippen molar-refractivity contribution in [1.82, 2.24) is 0 Å². The van der Waals surface area contributed by atoms with Gasteiger partial charge in [-0.15, -0.1) is 0 Å². The molecule has 6 heteroatoms. The number of halogens is 5. The van der Waals surface area contributed by atoms with Gasteiger partial charge in [-0.05, 0) is 6.42 Å². The molecule has 0 heterocycles. The molecule has 0 aromatic rings. The van der Waals surface area contributed by atoms with Gasteiger partial charge in [-0.2, -0.15) is 22.0 Å². The van der Waals surface area contributed by atoms with Crippen molar-refractivity contribution in [2.24, 2.45) is 5.73 Å². The van der Waals surface area contributed by atoms with Gasteiger partial charge in [-0.1, -0.05) is 0 Å². The summed E-state index contributed by atoms with van der Waals surface area (Å²) in [6, 6.07) is -3.48. The Kier molecular flexibility index (Phi) is 3.22. The summed E-state index contributed by atoms with van der Waals surface area (Å²) in [5.41, 5.74) is 4.16. The molecule has 0 amide bonds. The lowest BCUT2D eigenvalue weighted by molar-refractivity contribution is -0.138. The van der Waals surface area contributed by atoms with Crippen LogP contribution in [0.25, 0.3) is 0 Å². The Balaban J connectivity index is 3.44. The average Bonchev–Trinajstić information content (AvgIpc) is 1.55. The highest BCUT2D eigenvalue weighted by Gasteiger charge is 2.29. The molecule has 0 fully saturated rings. The van der Waals surface area contributed by atoms with Crippen LogP contribution in [0.1, 0.15) is 19.3 Å². The van der Waals surface area contributed by atoms with Gasteiger partial charge in [-0.25, -0.2) is 0 Å². The molecule has 0 saturated heterocycles. The van der Waals surface area contributed by atoms with Crippen LogP contribution in [0, 0.1) is 0 Å². The zero-order valence-corrected chi connectivity index (χ0v) is 5.59. The van der Waals surface area contributed by atoms with E-state index in [-0.39, 0.29) is 0 Å². The van der Waals surface area contributed by atoms with Crippen LogP contribution in [-0.4, -0.2) is 12.2 Å². The van der Waals surface area contributed by atoms with E-state index in [4.69, 9.17) is 0 Å². The standard InChI is InChI=1S/C5H8F5N/c6-4(7,8)2-1-3-5(9,10)11/h1-3,11H2. The maximum atomic E-state index is 11.7. The Hall–Kier alpha value is -0.390. The Morgan fingerprint density at radius 3 is 1.64 bits per heavy atom. The third-order valence-electron chi connectivity index (χ3n) is 0.970. The van der Waals surface area contributed by atoms with Gasteiger partial charge in [-0.3, -0.25) is 5.73 Å². The molecule has 0 aliphatic carbocycles. The first-order valence-electron chi connectivity index (χ1n) is 2.94. The summed E-state index contributed by atoms with van der Waals surface area (Å²) in [6.07, 6.45) is -7.13. The molecule has 0 aliphatic rings. The van der Waals surface area contributed by atoms with E-state index >= 15 is 0 Å². The predicted molar refractivity (Wildman–Crippen MR) is 29.0 cm³/mol. The monoisotopic (exact) mass is 177 g/mol. The lowest BCUT2D eigenvalue weighted by atomic mass is 10.2. The maximum absolute atomic E-state index is 11.7. The van der Waals surface area contributed by atoms with E-state index in [1.165, 1.54) is 0 Å². The van der Waals surface area contributed by atoms with E-state index in [9.17, 15) is 22.0 Å². The first-order chi connectivity index (χ1) is 4.71. The quantitative estimate of drug-likeness (QED) is 0.519. The van der Waals surface area contributed by atoms with Crippen LogP contribution in [0.4, 0.5) is 22.0 Å². The summed E-state index contributed by atoms with van der Waals surface area (Å²) in [5.74, 6) is 0. The second kappa shape index (κ2) is 3.34. The zero-order valence-electron chi connectivity index (χ0n) is 5.59. The third-order valence-corrected chi connectivity index (χ3v) is 0.970. The summed E-state index contributed by atoms with van der Waals surface area (Å²) in [7, 11) is 0. The van der Waals surface area contributed by atoms with Gasteiger partial charge < -0.3 is 0 Å². The molecule has 11 heavy (non-hydrogen) atoms. The van der Waals surface area contributed by atoms with Crippen molar-refractivity contribution in [1.29, 1.82) is 0 Å². The van der Waals surface area contributed by atoms with Gasteiger partial charge in [0.2, 0.25) is 0 Å². The molecule has 0 aliphatic heterocycles. The van der Waals surface area contributed by atoms with Gasteiger partial charge >= 0.3 is 6.18 Å². The molecule has 0 saturated carbocycles.